The van der Waals surface area contributed by atoms with E-state index in [1.54, 1.807) is 10.8 Å². The van der Waals surface area contributed by atoms with E-state index in [-0.39, 0.29) is 5.69 Å². The molecule has 2 aromatic rings. The molecule has 0 aliphatic heterocycles. The van der Waals surface area contributed by atoms with E-state index in [1.807, 2.05) is 31.2 Å². The van der Waals surface area contributed by atoms with Gasteiger partial charge in [0.05, 0.1) is 11.3 Å². The molecule has 4 nitrogen and oxygen atoms in total. The maximum atomic E-state index is 11.8. The van der Waals surface area contributed by atoms with Crippen LogP contribution in [0.4, 0.5) is 0 Å². The number of rotatable bonds is 3. The van der Waals surface area contributed by atoms with Crippen LogP contribution in [0.2, 0.25) is 0 Å². The molecule has 1 aromatic heterocycles. The molecule has 1 aromatic carbocycles. The highest BCUT2D eigenvalue weighted by molar-refractivity contribution is 5.43. The van der Waals surface area contributed by atoms with E-state index in [1.165, 1.54) is 0 Å². The molecule has 2 N–H and O–H groups in total. The van der Waals surface area contributed by atoms with Gasteiger partial charge in [-0.05, 0) is 31.4 Å². The molecule has 18 heavy (non-hydrogen) atoms. The average Bonchev–Trinajstić information content (AvgIpc) is 2.97. The maximum absolute atomic E-state index is 11.8. The second-order valence-corrected chi connectivity index (χ2v) is 5.10. The van der Waals surface area contributed by atoms with Gasteiger partial charge in [0.25, 0.3) is 0 Å². The van der Waals surface area contributed by atoms with E-state index < -0.39 is 5.60 Å². The summed E-state index contributed by atoms with van der Waals surface area (Å²) in [6, 6.07) is 7.75. The number of imidazole rings is 1. The number of H-pyrrole nitrogens is 1. The van der Waals surface area contributed by atoms with Crippen molar-refractivity contribution in [2.45, 2.75) is 31.8 Å². The minimum absolute atomic E-state index is 0.136. The van der Waals surface area contributed by atoms with Crippen molar-refractivity contribution in [1.29, 1.82) is 0 Å². The van der Waals surface area contributed by atoms with Crippen LogP contribution in [-0.4, -0.2) is 20.3 Å². The number of aromatic amines is 1. The zero-order valence-corrected chi connectivity index (χ0v) is 10.3. The molecule has 0 radical (unpaired) electrons. The molecule has 1 fully saturated rings. The Kier molecular flexibility index (Phi) is 2.41. The first-order valence-corrected chi connectivity index (χ1v) is 6.17. The molecule has 0 bridgehead atoms. The number of aryl methyl sites for hydroxylation is 1. The van der Waals surface area contributed by atoms with Crippen LogP contribution in [-0.2, 0) is 6.42 Å². The number of nitrogens with zero attached hydrogens (tertiary/aromatic N) is 1. The van der Waals surface area contributed by atoms with Crippen molar-refractivity contribution < 1.29 is 5.11 Å². The van der Waals surface area contributed by atoms with Gasteiger partial charge < -0.3 is 10.1 Å². The van der Waals surface area contributed by atoms with Crippen LogP contribution >= 0.6 is 0 Å². The maximum Gasteiger partial charge on any atom is 0.330 e. The van der Waals surface area contributed by atoms with Crippen LogP contribution in [0.3, 0.4) is 0 Å². The van der Waals surface area contributed by atoms with Crippen molar-refractivity contribution in [3.05, 3.63) is 52.2 Å². The molecule has 0 amide bonds. The molecule has 0 unspecified atom stereocenters. The van der Waals surface area contributed by atoms with E-state index in [2.05, 4.69) is 4.98 Å². The van der Waals surface area contributed by atoms with Gasteiger partial charge in [0.1, 0.15) is 0 Å². The van der Waals surface area contributed by atoms with Crippen LogP contribution in [0.15, 0.2) is 35.3 Å². The average molecular weight is 244 g/mol. The van der Waals surface area contributed by atoms with E-state index in [4.69, 9.17) is 0 Å². The molecular formula is C14H16N2O2. The molecule has 3 rings (SSSR count). The van der Waals surface area contributed by atoms with Crippen molar-refractivity contribution in [2.24, 2.45) is 0 Å². The van der Waals surface area contributed by atoms with E-state index in [0.29, 0.717) is 6.42 Å². The second-order valence-electron chi connectivity index (χ2n) is 5.10. The lowest BCUT2D eigenvalue weighted by Crippen LogP contribution is -2.19. The lowest BCUT2D eigenvalue weighted by Gasteiger charge is -2.13. The van der Waals surface area contributed by atoms with Gasteiger partial charge in [-0.1, -0.05) is 18.2 Å². The molecule has 1 aliphatic rings. The Morgan fingerprint density at radius 3 is 2.72 bits per heavy atom. The summed E-state index contributed by atoms with van der Waals surface area (Å²) in [7, 11) is 0. The lowest BCUT2D eigenvalue weighted by atomic mass is 10.0. The first-order valence-electron chi connectivity index (χ1n) is 6.17. The zero-order chi connectivity index (χ0) is 12.8. The summed E-state index contributed by atoms with van der Waals surface area (Å²) in [6.45, 7) is 1.89. The predicted octanol–water partition coefficient (Wildman–Crippen LogP) is 1.54. The Hall–Kier alpha value is -1.81. The molecule has 0 atom stereocenters. The lowest BCUT2D eigenvalue weighted by molar-refractivity contribution is 0.151. The Labute approximate surface area is 105 Å². The highest BCUT2D eigenvalue weighted by atomic mass is 16.3. The Balaban J connectivity index is 2.09. The number of benzene rings is 1. The van der Waals surface area contributed by atoms with E-state index in [9.17, 15) is 9.90 Å². The summed E-state index contributed by atoms with van der Waals surface area (Å²) in [5, 5.41) is 10.0. The fourth-order valence-corrected chi connectivity index (χ4v) is 2.31. The van der Waals surface area contributed by atoms with Crippen LogP contribution < -0.4 is 5.69 Å². The highest BCUT2D eigenvalue weighted by Gasteiger charge is 2.40. The Morgan fingerprint density at radius 1 is 1.39 bits per heavy atom. The molecule has 1 aliphatic carbocycles. The quantitative estimate of drug-likeness (QED) is 0.860. The van der Waals surface area contributed by atoms with Crippen molar-refractivity contribution in [1.82, 2.24) is 9.55 Å². The molecule has 0 saturated heterocycles. The zero-order valence-electron chi connectivity index (χ0n) is 10.3. The highest BCUT2D eigenvalue weighted by Crippen LogP contribution is 2.39. The first kappa shape index (κ1) is 11.3. The monoisotopic (exact) mass is 244 g/mol. The molecule has 1 saturated carbocycles. The minimum atomic E-state index is -0.552. The summed E-state index contributed by atoms with van der Waals surface area (Å²) in [5.41, 5.74) is 2.06. The van der Waals surface area contributed by atoms with Crippen molar-refractivity contribution in [2.75, 3.05) is 0 Å². The number of nitrogens with one attached hydrogen (secondary N) is 1. The number of hydrogen-bond donors (Lipinski definition) is 2. The van der Waals surface area contributed by atoms with Gasteiger partial charge in [-0.25, -0.2) is 4.79 Å². The summed E-state index contributed by atoms with van der Waals surface area (Å²) in [6.07, 6.45) is 4.01. The smallest absolute Gasteiger partial charge is 0.330 e. The van der Waals surface area contributed by atoms with Crippen molar-refractivity contribution >= 4 is 0 Å². The van der Waals surface area contributed by atoms with Gasteiger partial charge in [0.2, 0.25) is 0 Å². The van der Waals surface area contributed by atoms with Crippen LogP contribution in [0, 0.1) is 6.92 Å². The Bertz CT molecular complexity index is 635. The van der Waals surface area contributed by atoms with Gasteiger partial charge in [-0.3, -0.25) is 4.57 Å². The van der Waals surface area contributed by atoms with Gasteiger partial charge in [0.15, 0.2) is 0 Å². The summed E-state index contributed by atoms with van der Waals surface area (Å²) in [4.78, 5) is 14.5. The third-order valence-electron chi connectivity index (χ3n) is 3.54. The summed E-state index contributed by atoms with van der Waals surface area (Å²) in [5.74, 6) is 0. The van der Waals surface area contributed by atoms with Gasteiger partial charge in [-0.15, -0.1) is 0 Å². The van der Waals surface area contributed by atoms with Gasteiger partial charge in [-0.2, -0.15) is 0 Å². The summed E-state index contributed by atoms with van der Waals surface area (Å²) >= 11 is 0. The summed E-state index contributed by atoms with van der Waals surface area (Å²) < 4.78 is 1.65. The molecule has 4 heteroatoms. The fourth-order valence-electron chi connectivity index (χ4n) is 2.31. The molecule has 0 spiro atoms. The number of aliphatic hydroxyl groups is 1. The van der Waals surface area contributed by atoms with Crippen LogP contribution in [0.5, 0.6) is 0 Å². The Morgan fingerprint density at radius 2 is 2.11 bits per heavy atom. The molecular weight excluding hydrogens is 228 g/mol. The first-order chi connectivity index (χ1) is 8.59. The van der Waals surface area contributed by atoms with Gasteiger partial charge >= 0.3 is 5.69 Å². The standard InChI is InChI=1S/C14H16N2O2/c1-10-9-15-13(17)16(10)12-5-3-2-4-11(12)8-14(18)6-7-14/h2-5,9,18H,6-8H2,1H3,(H,15,17). The third kappa shape index (κ3) is 1.88. The van der Waals surface area contributed by atoms with E-state index >= 15 is 0 Å². The molecule has 94 valence electrons. The van der Waals surface area contributed by atoms with Crippen molar-refractivity contribution in [3.8, 4) is 5.69 Å². The number of aromatic nitrogens is 2. The largest absolute Gasteiger partial charge is 0.390 e. The number of hydrogen-bond acceptors (Lipinski definition) is 2. The molecule has 1 heterocycles. The fraction of sp³-hybridized carbons (Fsp3) is 0.357. The predicted molar refractivity (Wildman–Crippen MR) is 69.0 cm³/mol. The third-order valence-corrected chi connectivity index (χ3v) is 3.54. The normalized spacial score (nSPS) is 16.8. The second kappa shape index (κ2) is 3.85. The van der Waals surface area contributed by atoms with E-state index in [0.717, 1.165) is 29.8 Å². The topological polar surface area (TPSA) is 58.0 Å². The van der Waals surface area contributed by atoms with Crippen molar-refractivity contribution in [3.63, 3.8) is 0 Å². The SMILES string of the molecule is Cc1c[nH]c(=O)n1-c1ccccc1CC1(O)CC1. The number of para-hydroxylation sites is 1. The van der Waals surface area contributed by atoms with Gasteiger partial charge in [0, 0.05) is 18.3 Å². The van der Waals surface area contributed by atoms with Crippen LogP contribution in [0.1, 0.15) is 24.1 Å². The minimum Gasteiger partial charge on any atom is -0.390 e. The van der Waals surface area contributed by atoms with Crippen LogP contribution in [0.25, 0.3) is 5.69 Å².